The molecule has 1 heterocycles. The van der Waals surface area contributed by atoms with Gasteiger partial charge in [-0.25, -0.2) is 0 Å². The number of amides is 1. The highest BCUT2D eigenvalue weighted by Gasteiger charge is 2.06. The van der Waals surface area contributed by atoms with Crippen molar-refractivity contribution in [2.24, 2.45) is 0 Å². The fraction of sp³-hybridized carbons (Fsp3) is 0.0526. The van der Waals surface area contributed by atoms with Crippen molar-refractivity contribution in [2.75, 3.05) is 5.32 Å². The molecular weight excluding hydrogens is 356 g/mol. The van der Waals surface area contributed by atoms with Gasteiger partial charge < -0.3 is 9.88 Å². The predicted molar refractivity (Wildman–Crippen MR) is 101 cm³/mol. The summed E-state index contributed by atoms with van der Waals surface area (Å²) in [7, 11) is 0. The number of hydrogen-bond acceptors (Lipinski definition) is 3. The number of anilines is 1. The zero-order valence-corrected chi connectivity index (χ0v) is 14.8. The van der Waals surface area contributed by atoms with Crippen LogP contribution in [-0.2, 0) is 11.3 Å². The van der Waals surface area contributed by atoms with Gasteiger partial charge in [0.25, 0.3) is 5.56 Å². The molecule has 1 aromatic heterocycles. The zero-order valence-electron chi connectivity index (χ0n) is 13.2. The third-order valence-corrected chi connectivity index (χ3v) is 4.94. The van der Waals surface area contributed by atoms with Gasteiger partial charge in [0, 0.05) is 27.7 Å². The molecule has 2 aromatic carbocycles. The fourth-order valence-corrected chi connectivity index (χ4v) is 3.30. The molecule has 0 aliphatic heterocycles. The summed E-state index contributed by atoms with van der Waals surface area (Å²) in [5.41, 5.74) is 0.474. The van der Waals surface area contributed by atoms with Crippen LogP contribution in [0.5, 0.6) is 0 Å². The number of benzene rings is 2. The smallest absolute Gasteiger partial charge is 0.250 e. The van der Waals surface area contributed by atoms with Crippen LogP contribution >= 0.6 is 23.4 Å². The number of aromatic nitrogens is 1. The Kier molecular flexibility index (Phi) is 5.58. The van der Waals surface area contributed by atoms with Crippen molar-refractivity contribution < 1.29 is 4.79 Å². The molecule has 0 fully saturated rings. The van der Waals surface area contributed by atoms with Crippen molar-refractivity contribution in [3.8, 4) is 0 Å². The normalized spacial score (nSPS) is 10.4. The van der Waals surface area contributed by atoms with E-state index in [-0.39, 0.29) is 18.0 Å². The Bertz CT molecular complexity index is 938. The van der Waals surface area contributed by atoms with E-state index in [0.717, 1.165) is 9.79 Å². The standard InChI is InChI=1S/C19H15ClN2O2S/c20-16-5-1-2-6-17(16)25-15-10-8-14(9-11-15)21-18(23)13-22-12-4-3-7-19(22)24/h1-12H,13H2,(H,21,23). The Labute approximate surface area is 154 Å². The molecule has 0 radical (unpaired) electrons. The van der Waals surface area contributed by atoms with E-state index in [0.29, 0.717) is 10.7 Å². The number of carbonyl (C=O) groups is 1. The molecular formula is C19H15ClN2O2S. The van der Waals surface area contributed by atoms with Crippen molar-refractivity contribution in [3.63, 3.8) is 0 Å². The molecule has 0 aliphatic carbocycles. The first-order valence-corrected chi connectivity index (χ1v) is 8.79. The van der Waals surface area contributed by atoms with Gasteiger partial charge in [0.15, 0.2) is 0 Å². The second-order valence-electron chi connectivity index (χ2n) is 5.27. The lowest BCUT2D eigenvalue weighted by Gasteiger charge is -2.08. The van der Waals surface area contributed by atoms with Crippen molar-refractivity contribution in [2.45, 2.75) is 16.3 Å². The molecule has 6 heteroatoms. The SMILES string of the molecule is O=C(Cn1ccccc1=O)Nc1ccc(Sc2ccccc2Cl)cc1. The van der Waals surface area contributed by atoms with E-state index in [1.54, 1.807) is 30.1 Å². The number of rotatable bonds is 5. The molecule has 1 N–H and O–H groups in total. The van der Waals surface area contributed by atoms with Gasteiger partial charge in [-0.1, -0.05) is 41.6 Å². The van der Waals surface area contributed by atoms with Crippen molar-refractivity contribution in [1.29, 1.82) is 0 Å². The lowest BCUT2D eigenvalue weighted by Crippen LogP contribution is -2.26. The molecule has 126 valence electrons. The van der Waals surface area contributed by atoms with Crippen LogP contribution in [0.25, 0.3) is 0 Å². The average Bonchev–Trinajstić information content (AvgIpc) is 2.61. The molecule has 0 unspecified atom stereocenters. The maximum Gasteiger partial charge on any atom is 0.250 e. The molecule has 1 amide bonds. The molecule has 0 aliphatic rings. The molecule has 0 spiro atoms. The topological polar surface area (TPSA) is 51.1 Å². The quantitative estimate of drug-likeness (QED) is 0.728. The van der Waals surface area contributed by atoms with Gasteiger partial charge in [0.05, 0.1) is 5.02 Å². The molecule has 0 saturated carbocycles. The largest absolute Gasteiger partial charge is 0.325 e. The number of nitrogens with zero attached hydrogens (tertiary/aromatic N) is 1. The summed E-state index contributed by atoms with van der Waals surface area (Å²) < 4.78 is 1.36. The van der Waals surface area contributed by atoms with Gasteiger partial charge in [-0.2, -0.15) is 0 Å². The van der Waals surface area contributed by atoms with Crippen molar-refractivity contribution in [1.82, 2.24) is 4.57 Å². The predicted octanol–water partition coefficient (Wildman–Crippen LogP) is 4.29. The first-order chi connectivity index (χ1) is 12.1. The third kappa shape index (κ3) is 4.75. The average molecular weight is 371 g/mol. The number of nitrogens with one attached hydrogen (secondary N) is 1. The molecule has 3 rings (SSSR count). The molecule has 0 saturated heterocycles. The van der Waals surface area contributed by atoms with E-state index in [1.165, 1.54) is 10.6 Å². The molecule has 0 atom stereocenters. The Hall–Kier alpha value is -2.50. The van der Waals surface area contributed by atoms with Crippen molar-refractivity contribution in [3.05, 3.63) is 88.3 Å². The van der Waals surface area contributed by atoms with Gasteiger partial charge in [0.2, 0.25) is 5.91 Å². The van der Waals surface area contributed by atoms with Crippen LogP contribution in [0.1, 0.15) is 0 Å². The minimum Gasteiger partial charge on any atom is -0.325 e. The lowest BCUT2D eigenvalue weighted by atomic mass is 10.3. The van der Waals surface area contributed by atoms with E-state index < -0.39 is 0 Å². The summed E-state index contributed by atoms with van der Waals surface area (Å²) in [6.45, 7) is -0.0181. The highest BCUT2D eigenvalue weighted by Crippen LogP contribution is 2.33. The van der Waals surface area contributed by atoms with Gasteiger partial charge in [-0.15, -0.1) is 0 Å². The monoisotopic (exact) mass is 370 g/mol. The summed E-state index contributed by atoms with van der Waals surface area (Å²) in [4.78, 5) is 25.7. The number of pyridine rings is 1. The highest BCUT2D eigenvalue weighted by atomic mass is 35.5. The number of hydrogen-bond donors (Lipinski definition) is 1. The summed E-state index contributed by atoms with van der Waals surface area (Å²) in [5, 5.41) is 3.49. The second kappa shape index (κ2) is 8.05. The van der Waals surface area contributed by atoms with Crippen LogP contribution in [0.3, 0.4) is 0 Å². The Balaban J connectivity index is 1.63. The van der Waals surface area contributed by atoms with E-state index in [1.807, 2.05) is 48.5 Å². The fourth-order valence-electron chi connectivity index (χ4n) is 2.21. The zero-order chi connectivity index (χ0) is 17.6. The lowest BCUT2D eigenvalue weighted by molar-refractivity contribution is -0.116. The van der Waals surface area contributed by atoms with E-state index in [4.69, 9.17) is 11.6 Å². The highest BCUT2D eigenvalue weighted by molar-refractivity contribution is 7.99. The van der Waals surface area contributed by atoms with Crippen LogP contribution < -0.4 is 10.9 Å². The minimum atomic E-state index is -0.250. The van der Waals surface area contributed by atoms with E-state index in [2.05, 4.69) is 5.32 Å². The second-order valence-corrected chi connectivity index (χ2v) is 6.79. The maximum atomic E-state index is 12.1. The molecule has 0 bridgehead atoms. The molecule has 4 nitrogen and oxygen atoms in total. The van der Waals surface area contributed by atoms with Crippen LogP contribution in [0.15, 0.2) is 87.5 Å². The third-order valence-electron chi connectivity index (χ3n) is 3.42. The Morgan fingerprint density at radius 3 is 2.44 bits per heavy atom. The Morgan fingerprint density at radius 1 is 1.00 bits per heavy atom. The van der Waals surface area contributed by atoms with Crippen molar-refractivity contribution >= 4 is 35.0 Å². The first kappa shape index (κ1) is 17.3. The van der Waals surface area contributed by atoms with Gasteiger partial charge in [-0.3, -0.25) is 9.59 Å². The molecule has 25 heavy (non-hydrogen) atoms. The van der Waals surface area contributed by atoms with E-state index in [9.17, 15) is 9.59 Å². The minimum absolute atomic E-state index is 0.0181. The van der Waals surface area contributed by atoms with Crippen LogP contribution in [-0.4, -0.2) is 10.5 Å². The van der Waals surface area contributed by atoms with Gasteiger partial charge in [-0.05, 0) is 42.5 Å². The van der Waals surface area contributed by atoms with E-state index >= 15 is 0 Å². The number of halogens is 1. The summed E-state index contributed by atoms with van der Waals surface area (Å²) in [5.74, 6) is -0.250. The van der Waals surface area contributed by atoms with Gasteiger partial charge in [0.1, 0.15) is 6.54 Å². The van der Waals surface area contributed by atoms with Crippen LogP contribution in [0, 0.1) is 0 Å². The number of carbonyl (C=O) groups excluding carboxylic acids is 1. The maximum absolute atomic E-state index is 12.1. The molecule has 3 aromatic rings. The van der Waals surface area contributed by atoms with Gasteiger partial charge >= 0.3 is 0 Å². The summed E-state index contributed by atoms with van der Waals surface area (Å²) in [6, 6.07) is 19.9. The summed E-state index contributed by atoms with van der Waals surface area (Å²) >= 11 is 7.71. The summed E-state index contributed by atoms with van der Waals surface area (Å²) in [6.07, 6.45) is 1.59. The Morgan fingerprint density at radius 2 is 1.72 bits per heavy atom. The first-order valence-electron chi connectivity index (χ1n) is 7.59. The van der Waals surface area contributed by atoms with Crippen LogP contribution in [0.2, 0.25) is 5.02 Å². The van der Waals surface area contributed by atoms with Crippen LogP contribution in [0.4, 0.5) is 5.69 Å².